The highest BCUT2D eigenvalue weighted by Crippen LogP contribution is 2.32. The molecule has 0 N–H and O–H groups in total. The minimum Gasteiger partial charge on any atom is -0.493 e. The summed E-state index contributed by atoms with van der Waals surface area (Å²) in [4.78, 5) is 4.44. The van der Waals surface area contributed by atoms with Gasteiger partial charge in [0.25, 0.3) is 0 Å². The van der Waals surface area contributed by atoms with Gasteiger partial charge in [-0.2, -0.15) is 0 Å². The Kier molecular flexibility index (Phi) is 4.82. The maximum atomic E-state index is 5.56. The number of rotatable bonds is 3. The highest BCUT2D eigenvalue weighted by atomic mass is 35.5. The van der Waals surface area contributed by atoms with Gasteiger partial charge in [0.05, 0.1) is 13.7 Å². The molecule has 1 heterocycles. The van der Waals surface area contributed by atoms with Crippen LogP contribution in [0.4, 0.5) is 0 Å². The third kappa shape index (κ3) is 2.72. The van der Waals surface area contributed by atoms with E-state index in [0.717, 1.165) is 30.2 Å². The van der Waals surface area contributed by atoms with E-state index in [1.54, 1.807) is 7.11 Å². The number of halogens is 1. The summed E-state index contributed by atoms with van der Waals surface area (Å²) in [5.74, 6) is 1.62. The number of hydrogen-bond donors (Lipinski definition) is 0. The maximum Gasteiger partial charge on any atom is 0.161 e. The second kappa shape index (κ2) is 5.92. The summed E-state index contributed by atoms with van der Waals surface area (Å²) >= 11 is 0. The third-order valence-electron chi connectivity index (χ3n) is 2.81. The quantitative estimate of drug-likeness (QED) is 0.832. The van der Waals surface area contributed by atoms with Crippen molar-refractivity contribution in [1.82, 2.24) is 0 Å². The fourth-order valence-corrected chi connectivity index (χ4v) is 2.00. The highest BCUT2D eigenvalue weighted by Gasteiger charge is 2.15. The van der Waals surface area contributed by atoms with Gasteiger partial charge in [0.1, 0.15) is 0 Å². The Morgan fingerprint density at radius 2 is 2.06 bits per heavy atom. The lowest BCUT2D eigenvalue weighted by atomic mass is 9.97. The minimum absolute atomic E-state index is 0. The van der Waals surface area contributed by atoms with Crippen LogP contribution in [-0.2, 0) is 6.42 Å². The number of fused-ring (bicyclic) bond motifs is 1. The van der Waals surface area contributed by atoms with E-state index in [2.05, 4.69) is 11.1 Å². The molecule has 0 amide bonds. The zero-order chi connectivity index (χ0) is 11.5. The van der Waals surface area contributed by atoms with Crippen LogP contribution in [0.25, 0.3) is 0 Å². The number of hydrogen-bond acceptors (Lipinski definition) is 3. The van der Waals surface area contributed by atoms with E-state index in [1.165, 1.54) is 11.1 Å². The minimum atomic E-state index is 0. The molecule has 0 bridgehead atoms. The lowest BCUT2D eigenvalue weighted by Crippen LogP contribution is -2.11. The van der Waals surface area contributed by atoms with Crippen LogP contribution in [-0.4, -0.2) is 26.0 Å². The number of ether oxygens (including phenoxy) is 2. The molecule has 0 aliphatic carbocycles. The summed E-state index contributed by atoms with van der Waals surface area (Å²) in [6, 6.07) is 4.11. The molecule has 0 atom stereocenters. The van der Waals surface area contributed by atoms with Gasteiger partial charge in [-0.05, 0) is 38.0 Å². The van der Waals surface area contributed by atoms with Crippen molar-refractivity contribution >= 4 is 18.1 Å². The van der Waals surface area contributed by atoms with Crippen LogP contribution in [0.15, 0.2) is 17.1 Å². The lowest BCUT2D eigenvalue weighted by molar-refractivity contribution is 0.310. The molecule has 1 aromatic rings. The monoisotopic (exact) mass is 255 g/mol. The topological polar surface area (TPSA) is 30.8 Å². The standard InChI is InChI=1S/C13H17NO2.ClH/c1-4-16-13-7-10-5-6-14-9(2)11(10)8-12(13)15-3;/h7-8H,4-6H2,1-3H3;1H. The molecule has 4 heteroatoms. The van der Waals surface area contributed by atoms with Crippen molar-refractivity contribution in [2.45, 2.75) is 20.3 Å². The average Bonchev–Trinajstić information content (AvgIpc) is 2.29. The van der Waals surface area contributed by atoms with Gasteiger partial charge < -0.3 is 9.47 Å². The van der Waals surface area contributed by atoms with E-state index >= 15 is 0 Å². The van der Waals surface area contributed by atoms with E-state index in [0.29, 0.717) is 6.61 Å². The summed E-state index contributed by atoms with van der Waals surface area (Å²) in [6.45, 7) is 5.54. The van der Waals surface area contributed by atoms with E-state index in [4.69, 9.17) is 9.47 Å². The summed E-state index contributed by atoms with van der Waals surface area (Å²) in [6.07, 6.45) is 0.983. The van der Waals surface area contributed by atoms with Crippen LogP contribution < -0.4 is 9.47 Å². The molecule has 0 saturated carbocycles. The van der Waals surface area contributed by atoms with Crippen LogP contribution in [0.2, 0.25) is 0 Å². The van der Waals surface area contributed by atoms with E-state index < -0.39 is 0 Å². The molecule has 3 nitrogen and oxygen atoms in total. The SMILES string of the molecule is CCOc1cc2c(cc1OC)C(C)=NCC2.Cl. The van der Waals surface area contributed by atoms with Crippen molar-refractivity contribution in [3.8, 4) is 11.5 Å². The van der Waals surface area contributed by atoms with Crippen molar-refractivity contribution in [2.75, 3.05) is 20.3 Å². The molecular formula is C13H18ClNO2. The van der Waals surface area contributed by atoms with Crippen molar-refractivity contribution in [1.29, 1.82) is 0 Å². The Hall–Kier alpha value is -1.22. The number of aliphatic imine (C=N–C) groups is 1. The lowest BCUT2D eigenvalue weighted by Gasteiger charge is -2.18. The van der Waals surface area contributed by atoms with Crippen molar-refractivity contribution in [2.24, 2.45) is 4.99 Å². The fraction of sp³-hybridized carbons (Fsp3) is 0.462. The van der Waals surface area contributed by atoms with Crippen molar-refractivity contribution in [3.05, 3.63) is 23.3 Å². The first-order valence-electron chi connectivity index (χ1n) is 5.61. The van der Waals surface area contributed by atoms with Gasteiger partial charge in [-0.15, -0.1) is 12.4 Å². The number of nitrogens with zero attached hydrogens (tertiary/aromatic N) is 1. The zero-order valence-corrected chi connectivity index (χ0v) is 11.3. The van der Waals surface area contributed by atoms with Crippen LogP contribution in [0.1, 0.15) is 25.0 Å². The Balaban J connectivity index is 0.00000144. The Morgan fingerprint density at radius 3 is 2.71 bits per heavy atom. The molecule has 1 aromatic carbocycles. The predicted molar refractivity (Wildman–Crippen MR) is 72.2 cm³/mol. The maximum absolute atomic E-state index is 5.56. The Labute approximate surface area is 108 Å². The normalized spacial score (nSPS) is 13.2. The van der Waals surface area contributed by atoms with E-state index in [-0.39, 0.29) is 12.4 Å². The molecular weight excluding hydrogens is 238 g/mol. The van der Waals surface area contributed by atoms with Crippen molar-refractivity contribution in [3.63, 3.8) is 0 Å². The first kappa shape index (κ1) is 13.8. The predicted octanol–water partition coefficient (Wildman–Crippen LogP) is 2.88. The smallest absolute Gasteiger partial charge is 0.161 e. The Bertz CT molecular complexity index is 430. The number of benzene rings is 1. The van der Waals surface area contributed by atoms with Crippen LogP contribution >= 0.6 is 12.4 Å². The fourth-order valence-electron chi connectivity index (χ4n) is 2.00. The average molecular weight is 256 g/mol. The molecule has 0 unspecified atom stereocenters. The third-order valence-corrected chi connectivity index (χ3v) is 2.81. The molecule has 0 fully saturated rings. The van der Waals surface area contributed by atoms with Gasteiger partial charge in [0.15, 0.2) is 11.5 Å². The van der Waals surface area contributed by atoms with E-state index in [9.17, 15) is 0 Å². The van der Waals surface area contributed by atoms with Gasteiger partial charge >= 0.3 is 0 Å². The van der Waals surface area contributed by atoms with Gasteiger partial charge in [0, 0.05) is 17.8 Å². The molecule has 0 aromatic heterocycles. The Morgan fingerprint density at radius 1 is 1.29 bits per heavy atom. The first-order valence-corrected chi connectivity index (χ1v) is 5.61. The van der Waals surface area contributed by atoms with Gasteiger partial charge in [-0.25, -0.2) is 0 Å². The molecule has 0 saturated heterocycles. The summed E-state index contributed by atoms with van der Waals surface area (Å²) in [5.41, 5.74) is 3.57. The molecule has 0 spiro atoms. The molecule has 2 rings (SSSR count). The molecule has 0 radical (unpaired) electrons. The van der Waals surface area contributed by atoms with Crippen LogP contribution in [0, 0.1) is 0 Å². The van der Waals surface area contributed by atoms with Gasteiger partial charge in [0.2, 0.25) is 0 Å². The first-order chi connectivity index (χ1) is 7.76. The second-order valence-electron chi connectivity index (χ2n) is 3.81. The summed E-state index contributed by atoms with van der Waals surface area (Å²) in [7, 11) is 1.67. The molecule has 94 valence electrons. The van der Waals surface area contributed by atoms with Crippen LogP contribution in [0.5, 0.6) is 11.5 Å². The van der Waals surface area contributed by atoms with Crippen LogP contribution in [0.3, 0.4) is 0 Å². The number of methoxy groups -OCH3 is 1. The summed E-state index contributed by atoms with van der Waals surface area (Å²) < 4.78 is 10.9. The largest absolute Gasteiger partial charge is 0.493 e. The van der Waals surface area contributed by atoms with E-state index in [1.807, 2.05) is 19.9 Å². The molecule has 1 aliphatic rings. The van der Waals surface area contributed by atoms with Gasteiger partial charge in [-0.3, -0.25) is 4.99 Å². The van der Waals surface area contributed by atoms with Gasteiger partial charge in [-0.1, -0.05) is 0 Å². The molecule has 17 heavy (non-hydrogen) atoms. The second-order valence-corrected chi connectivity index (χ2v) is 3.81. The zero-order valence-electron chi connectivity index (χ0n) is 10.4. The molecule has 1 aliphatic heterocycles. The summed E-state index contributed by atoms with van der Waals surface area (Å²) in [5, 5.41) is 0. The van der Waals surface area contributed by atoms with Crippen molar-refractivity contribution < 1.29 is 9.47 Å². The highest BCUT2D eigenvalue weighted by molar-refractivity contribution is 6.01.